The first-order valence-electron chi connectivity index (χ1n) is 6.57. The second kappa shape index (κ2) is 6.07. The van der Waals surface area contributed by atoms with Gasteiger partial charge in [0.15, 0.2) is 10.8 Å². The number of hydrogen-bond donors (Lipinski definition) is 0. The van der Waals surface area contributed by atoms with E-state index in [1.54, 1.807) is 18.4 Å². The van der Waals surface area contributed by atoms with Gasteiger partial charge in [0.2, 0.25) is 0 Å². The molecule has 6 heteroatoms. The topological polar surface area (TPSA) is 29.8 Å². The van der Waals surface area contributed by atoms with E-state index in [1.807, 2.05) is 12.1 Å². The Bertz CT molecular complexity index is 752. The lowest BCUT2D eigenvalue weighted by atomic mass is 10.2. The SMILES string of the molecule is COc1cccc(CN(C)c2nc3sccn3c2CBr)c1. The Morgan fingerprint density at radius 2 is 2.29 bits per heavy atom. The molecule has 0 spiro atoms. The number of fused-ring (bicyclic) bond motifs is 1. The van der Waals surface area contributed by atoms with E-state index >= 15 is 0 Å². The van der Waals surface area contributed by atoms with Crippen LogP contribution < -0.4 is 9.64 Å². The van der Waals surface area contributed by atoms with Crippen LogP contribution in [0.2, 0.25) is 0 Å². The zero-order valence-corrected chi connectivity index (χ0v) is 14.3. The predicted molar refractivity (Wildman–Crippen MR) is 90.8 cm³/mol. The Labute approximate surface area is 136 Å². The van der Waals surface area contributed by atoms with Gasteiger partial charge in [-0.1, -0.05) is 28.1 Å². The number of halogens is 1. The van der Waals surface area contributed by atoms with Gasteiger partial charge in [0, 0.05) is 30.5 Å². The first-order chi connectivity index (χ1) is 10.2. The Balaban J connectivity index is 1.89. The molecule has 0 radical (unpaired) electrons. The number of thiazole rings is 1. The number of methoxy groups -OCH3 is 1. The normalized spacial score (nSPS) is 11.0. The van der Waals surface area contributed by atoms with Gasteiger partial charge in [-0.15, -0.1) is 11.3 Å². The van der Waals surface area contributed by atoms with Gasteiger partial charge in [-0.25, -0.2) is 4.98 Å². The third-order valence-corrected chi connectivity index (χ3v) is 4.67. The number of hydrogen-bond acceptors (Lipinski definition) is 4. The molecule has 0 amide bonds. The first-order valence-corrected chi connectivity index (χ1v) is 8.57. The number of aromatic nitrogens is 2. The molecular formula is C15H16BrN3OS. The highest BCUT2D eigenvalue weighted by Crippen LogP contribution is 2.27. The van der Waals surface area contributed by atoms with E-state index in [0.29, 0.717) is 0 Å². The standard InChI is InChI=1S/C15H16BrN3OS/c1-18(10-11-4-3-5-12(8-11)20-2)14-13(9-16)19-6-7-21-15(19)17-14/h3-8H,9-10H2,1-2H3. The summed E-state index contributed by atoms with van der Waals surface area (Å²) in [5, 5.41) is 2.84. The number of imidazole rings is 1. The predicted octanol–water partition coefficient (Wildman–Crippen LogP) is 3.94. The van der Waals surface area contributed by atoms with Gasteiger partial charge in [-0.05, 0) is 17.7 Å². The summed E-state index contributed by atoms with van der Waals surface area (Å²) in [4.78, 5) is 7.92. The molecule has 0 saturated heterocycles. The van der Waals surface area contributed by atoms with E-state index in [4.69, 9.17) is 9.72 Å². The second-order valence-electron chi connectivity index (χ2n) is 4.78. The third kappa shape index (κ3) is 2.78. The maximum atomic E-state index is 5.28. The van der Waals surface area contributed by atoms with E-state index in [0.717, 1.165) is 28.4 Å². The van der Waals surface area contributed by atoms with E-state index in [1.165, 1.54) is 11.3 Å². The van der Waals surface area contributed by atoms with Crippen LogP contribution in [0.1, 0.15) is 11.3 Å². The largest absolute Gasteiger partial charge is 0.497 e. The van der Waals surface area contributed by atoms with Crippen molar-refractivity contribution >= 4 is 38.0 Å². The van der Waals surface area contributed by atoms with Crippen LogP contribution in [0.5, 0.6) is 5.75 Å². The zero-order chi connectivity index (χ0) is 14.8. The molecule has 2 aromatic heterocycles. The molecule has 0 N–H and O–H groups in total. The average Bonchev–Trinajstić information content (AvgIpc) is 3.07. The molecule has 1 aromatic carbocycles. The van der Waals surface area contributed by atoms with Crippen molar-refractivity contribution in [2.75, 3.05) is 19.1 Å². The molecule has 0 atom stereocenters. The number of nitrogens with zero attached hydrogens (tertiary/aromatic N) is 3. The van der Waals surface area contributed by atoms with Gasteiger partial charge in [0.1, 0.15) is 5.75 Å². The third-order valence-electron chi connectivity index (χ3n) is 3.38. The van der Waals surface area contributed by atoms with E-state index in [9.17, 15) is 0 Å². The van der Waals surface area contributed by atoms with Gasteiger partial charge in [0.25, 0.3) is 0 Å². The smallest absolute Gasteiger partial charge is 0.195 e. The number of ether oxygens (including phenoxy) is 1. The maximum absolute atomic E-state index is 5.28. The average molecular weight is 366 g/mol. The highest BCUT2D eigenvalue weighted by atomic mass is 79.9. The minimum Gasteiger partial charge on any atom is -0.497 e. The van der Waals surface area contributed by atoms with Crippen LogP contribution in [-0.2, 0) is 11.9 Å². The fourth-order valence-corrected chi connectivity index (χ4v) is 3.62. The van der Waals surface area contributed by atoms with Crippen molar-refractivity contribution in [2.45, 2.75) is 11.9 Å². The lowest BCUT2D eigenvalue weighted by Crippen LogP contribution is -2.18. The van der Waals surface area contributed by atoms with Crippen LogP contribution in [0.3, 0.4) is 0 Å². The minimum absolute atomic E-state index is 0.780. The van der Waals surface area contributed by atoms with Crippen molar-refractivity contribution in [1.82, 2.24) is 9.38 Å². The van der Waals surface area contributed by atoms with Crippen LogP contribution in [0, 0.1) is 0 Å². The molecule has 3 aromatic rings. The van der Waals surface area contributed by atoms with Crippen molar-refractivity contribution in [3.63, 3.8) is 0 Å². The minimum atomic E-state index is 0.780. The van der Waals surface area contributed by atoms with Gasteiger partial charge in [-0.3, -0.25) is 4.40 Å². The Hall–Kier alpha value is -1.53. The van der Waals surface area contributed by atoms with Crippen LogP contribution in [0.15, 0.2) is 35.8 Å². The van der Waals surface area contributed by atoms with Gasteiger partial charge in [0.05, 0.1) is 12.8 Å². The van der Waals surface area contributed by atoms with Crippen molar-refractivity contribution < 1.29 is 4.74 Å². The molecule has 2 heterocycles. The second-order valence-corrected chi connectivity index (χ2v) is 6.21. The highest BCUT2D eigenvalue weighted by molar-refractivity contribution is 9.08. The number of alkyl halides is 1. The molecule has 0 aliphatic rings. The summed E-state index contributed by atoms with van der Waals surface area (Å²) < 4.78 is 7.41. The van der Waals surface area contributed by atoms with Crippen molar-refractivity contribution in [3.05, 3.63) is 47.1 Å². The molecule has 0 bridgehead atoms. The lowest BCUT2D eigenvalue weighted by molar-refractivity contribution is 0.414. The van der Waals surface area contributed by atoms with Crippen LogP contribution in [0.4, 0.5) is 5.82 Å². The number of rotatable bonds is 5. The molecule has 3 rings (SSSR count). The van der Waals surface area contributed by atoms with E-state index in [-0.39, 0.29) is 0 Å². The van der Waals surface area contributed by atoms with Crippen molar-refractivity contribution in [1.29, 1.82) is 0 Å². The zero-order valence-electron chi connectivity index (χ0n) is 11.9. The maximum Gasteiger partial charge on any atom is 0.195 e. The molecule has 0 fully saturated rings. The molecule has 0 aliphatic carbocycles. The molecule has 4 nitrogen and oxygen atoms in total. The van der Waals surface area contributed by atoms with E-state index in [2.05, 4.69) is 56.0 Å². The van der Waals surface area contributed by atoms with Crippen molar-refractivity contribution in [2.24, 2.45) is 0 Å². The van der Waals surface area contributed by atoms with Crippen LogP contribution in [-0.4, -0.2) is 23.5 Å². The molecule has 0 saturated carbocycles. The Morgan fingerprint density at radius 3 is 3.05 bits per heavy atom. The molecule has 110 valence electrons. The molecule has 0 aliphatic heterocycles. The van der Waals surface area contributed by atoms with Crippen LogP contribution in [0.25, 0.3) is 4.96 Å². The Morgan fingerprint density at radius 1 is 1.43 bits per heavy atom. The highest BCUT2D eigenvalue weighted by Gasteiger charge is 2.16. The monoisotopic (exact) mass is 365 g/mol. The summed E-state index contributed by atoms with van der Waals surface area (Å²) in [5.74, 6) is 1.90. The first kappa shape index (κ1) is 14.4. The van der Waals surface area contributed by atoms with Crippen LogP contribution >= 0.6 is 27.3 Å². The lowest BCUT2D eigenvalue weighted by Gasteiger charge is -2.18. The summed E-state index contributed by atoms with van der Waals surface area (Å²) in [5.41, 5.74) is 2.38. The molecule has 21 heavy (non-hydrogen) atoms. The molecular weight excluding hydrogens is 350 g/mol. The quantitative estimate of drug-likeness (QED) is 0.641. The fourth-order valence-electron chi connectivity index (χ4n) is 2.37. The fraction of sp³-hybridized carbons (Fsp3) is 0.267. The summed E-state index contributed by atoms with van der Waals surface area (Å²) >= 11 is 5.22. The summed E-state index contributed by atoms with van der Waals surface area (Å²) in [6.45, 7) is 0.794. The summed E-state index contributed by atoms with van der Waals surface area (Å²) in [6, 6.07) is 8.13. The van der Waals surface area contributed by atoms with Gasteiger partial charge >= 0.3 is 0 Å². The number of anilines is 1. The van der Waals surface area contributed by atoms with Crippen molar-refractivity contribution in [3.8, 4) is 5.75 Å². The van der Waals surface area contributed by atoms with Gasteiger partial charge in [-0.2, -0.15) is 0 Å². The summed E-state index contributed by atoms with van der Waals surface area (Å²) in [7, 11) is 3.76. The Kier molecular flexibility index (Phi) is 4.17. The number of benzene rings is 1. The molecule has 0 unspecified atom stereocenters. The van der Waals surface area contributed by atoms with Gasteiger partial charge < -0.3 is 9.64 Å². The van der Waals surface area contributed by atoms with E-state index < -0.39 is 0 Å². The summed E-state index contributed by atoms with van der Waals surface area (Å²) in [6.07, 6.45) is 2.06.